The van der Waals surface area contributed by atoms with Crippen molar-refractivity contribution in [2.24, 2.45) is 0 Å². The van der Waals surface area contributed by atoms with Crippen molar-refractivity contribution in [3.8, 4) is 0 Å². The second kappa shape index (κ2) is 7.54. The van der Waals surface area contributed by atoms with Gasteiger partial charge in [0, 0.05) is 16.7 Å². The Morgan fingerprint density at radius 2 is 1.48 bits per heavy atom. The van der Waals surface area contributed by atoms with Crippen LogP contribution < -0.4 is 0 Å². The van der Waals surface area contributed by atoms with Crippen molar-refractivity contribution in [3.63, 3.8) is 0 Å². The summed E-state index contributed by atoms with van der Waals surface area (Å²) < 4.78 is 5.14. The Bertz CT molecular complexity index is 710. The topological polar surface area (TPSA) is 43.4 Å². The lowest BCUT2D eigenvalue weighted by Crippen LogP contribution is -2.12. The maximum absolute atomic E-state index is 12.3. The highest BCUT2D eigenvalue weighted by Gasteiger charge is 2.10. The Hall–Kier alpha value is -2.68. The number of benzene rings is 2. The maximum atomic E-state index is 12.3. The van der Waals surface area contributed by atoms with Gasteiger partial charge in [0.05, 0.1) is 6.10 Å². The Kier molecular flexibility index (Phi) is 5.47. The van der Waals surface area contributed by atoms with Gasteiger partial charge in [-0.1, -0.05) is 54.6 Å². The van der Waals surface area contributed by atoms with E-state index >= 15 is 0 Å². The van der Waals surface area contributed by atoms with Crippen LogP contribution in [0, 0.1) is 0 Å². The quantitative estimate of drug-likeness (QED) is 0.470. The van der Waals surface area contributed by atoms with Crippen molar-refractivity contribution in [2.45, 2.75) is 26.9 Å². The first-order chi connectivity index (χ1) is 11.0. The highest BCUT2D eigenvalue weighted by molar-refractivity contribution is 6.09. The lowest BCUT2D eigenvalue weighted by molar-refractivity contribution is -0.142. The SMILES string of the molecule is C/C(=C\c1ccc(C(=O)c2ccccc2)cc1)C(=O)OC(C)C. The molecule has 0 spiro atoms. The van der Waals surface area contributed by atoms with E-state index in [1.54, 1.807) is 37.3 Å². The summed E-state index contributed by atoms with van der Waals surface area (Å²) in [6.07, 6.45) is 1.61. The van der Waals surface area contributed by atoms with E-state index < -0.39 is 0 Å². The van der Waals surface area contributed by atoms with E-state index in [9.17, 15) is 9.59 Å². The molecule has 118 valence electrons. The minimum absolute atomic E-state index is 0.0166. The molecule has 2 aromatic rings. The molecule has 0 aliphatic heterocycles. The molecule has 0 aromatic heterocycles. The molecule has 0 atom stereocenters. The molecule has 0 aliphatic carbocycles. The average molecular weight is 308 g/mol. The number of esters is 1. The average Bonchev–Trinajstić information content (AvgIpc) is 2.55. The first-order valence-electron chi connectivity index (χ1n) is 7.56. The van der Waals surface area contributed by atoms with E-state index in [-0.39, 0.29) is 17.9 Å². The predicted octanol–water partition coefficient (Wildman–Crippen LogP) is 4.27. The zero-order valence-electron chi connectivity index (χ0n) is 13.6. The monoisotopic (exact) mass is 308 g/mol. The highest BCUT2D eigenvalue weighted by atomic mass is 16.5. The molecule has 2 rings (SSSR count). The zero-order chi connectivity index (χ0) is 16.8. The summed E-state index contributed by atoms with van der Waals surface area (Å²) in [7, 11) is 0. The molecule has 0 aliphatic rings. The molecule has 0 saturated heterocycles. The van der Waals surface area contributed by atoms with Gasteiger partial charge in [-0.2, -0.15) is 0 Å². The third-order valence-corrected chi connectivity index (χ3v) is 3.26. The normalized spacial score (nSPS) is 11.4. The largest absolute Gasteiger partial charge is 0.460 e. The molecule has 0 N–H and O–H groups in total. The Morgan fingerprint density at radius 1 is 0.913 bits per heavy atom. The summed E-state index contributed by atoms with van der Waals surface area (Å²) in [6.45, 7) is 5.35. The van der Waals surface area contributed by atoms with Crippen molar-refractivity contribution < 1.29 is 14.3 Å². The van der Waals surface area contributed by atoms with Crippen LogP contribution in [0.1, 0.15) is 42.3 Å². The van der Waals surface area contributed by atoms with Gasteiger partial charge in [-0.15, -0.1) is 0 Å². The number of hydrogen-bond donors (Lipinski definition) is 0. The van der Waals surface area contributed by atoms with Crippen LogP contribution in [-0.2, 0) is 9.53 Å². The van der Waals surface area contributed by atoms with Crippen LogP contribution in [0.15, 0.2) is 60.2 Å². The number of hydrogen-bond acceptors (Lipinski definition) is 3. The van der Waals surface area contributed by atoms with Gasteiger partial charge in [-0.25, -0.2) is 4.79 Å². The molecule has 23 heavy (non-hydrogen) atoms. The standard InChI is InChI=1S/C20H20O3/c1-14(2)23-20(22)15(3)13-16-9-11-18(12-10-16)19(21)17-7-5-4-6-8-17/h4-14H,1-3H3/b15-13+. The fourth-order valence-corrected chi connectivity index (χ4v) is 2.10. The van der Waals surface area contributed by atoms with Crippen molar-refractivity contribution >= 4 is 17.8 Å². The zero-order valence-corrected chi connectivity index (χ0v) is 13.6. The van der Waals surface area contributed by atoms with Crippen LogP contribution in [0.5, 0.6) is 0 Å². The van der Waals surface area contributed by atoms with Gasteiger partial charge >= 0.3 is 5.97 Å². The van der Waals surface area contributed by atoms with Crippen LogP contribution >= 0.6 is 0 Å². The molecule has 0 unspecified atom stereocenters. The third-order valence-electron chi connectivity index (χ3n) is 3.26. The first-order valence-corrected chi connectivity index (χ1v) is 7.56. The summed E-state index contributed by atoms with van der Waals surface area (Å²) >= 11 is 0. The number of carbonyl (C=O) groups is 2. The third kappa shape index (κ3) is 4.65. The summed E-state index contributed by atoms with van der Waals surface area (Å²) in [5.41, 5.74) is 2.66. The van der Waals surface area contributed by atoms with Crippen LogP contribution in [0.4, 0.5) is 0 Å². The lowest BCUT2D eigenvalue weighted by atomic mass is 10.0. The van der Waals surface area contributed by atoms with Crippen LogP contribution in [-0.4, -0.2) is 17.9 Å². The van der Waals surface area contributed by atoms with E-state index in [1.165, 1.54) is 0 Å². The van der Waals surface area contributed by atoms with Crippen molar-refractivity contribution in [3.05, 3.63) is 76.9 Å². The number of carbonyl (C=O) groups excluding carboxylic acids is 2. The molecule has 0 bridgehead atoms. The van der Waals surface area contributed by atoms with Crippen LogP contribution in [0.3, 0.4) is 0 Å². The second-order valence-electron chi connectivity index (χ2n) is 5.60. The van der Waals surface area contributed by atoms with Gasteiger partial charge in [-0.05, 0) is 32.4 Å². The number of ether oxygens (including phenoxy) is 1. The van der Waals surface area contributed by atoms with Crippen molar-refractivity contribution in [1.82, 2.24) is 0 Å². The van der Waals surface area contributed by atoms with Gasteiger partial charge < -0.3 is 4.74 Å². The number of rotatable bonds is 5. The second-order valence-corrected chi connectivity index (χ2v) is 5.60. The molecule has 3 heteroatoms. The molecule has 0 heterocycles. The van der Waals surface area contributed by atoms with E-state index in [0.29, 0.717) is 16.7 Å². The molecule has 0 saturated carbocycles. The molecule has 2 aromatic carbocycles. The summed E-state index contributed by atoms with van der Waals surface area (Å²) in [6, 6.07) is 16.3. The summed E-state index contributed by atoms with van der Waals surface area (Å²) in [4.78, 5) is 24.1. The Balaban J connectivity index is 2.13. The van der Waals surface area contributed by atoms with Crippen LogP contribution in [0.2, 0.25) is 0 Å². The van der Waals surface area contributed by atoms with Gasteiger partial charge in [0.2, 0.25) is 0 Å². The summed E-state index contributed by atoms with van der Waals surface area (Å²) in [5.74, 6) is -0.346. The molecular weight excluding hydrogens is 288 g/mol. The fourth-order valence-electron chi connectivity index (χ4n) is 2.10. The number of ketones is 1. The molecule has 3 nitrogen and oxygen atoms in total. The molecule has 0 fully saturated rings. The smallest absolute Gasteiger partial charge is 0.333 e. The van der Waals surface area contributed by atoms with Crippen molar-refractivity contribution in [1.29, 1.82) is 0 Å². The molecule has 0 radical (unpaired) electrons. The van der Waals surface area contributed by atoms with E-state index in [2.05, 4.69) is 0 Å². The Morgan fingerprint density at radius 3 is 2.04 bits per heavy atom. The van der Waals surface area contributed by atoms with E-state index in [1.807, 2.05) is 44.2 Å². The van der Waals surface area contributed by atoms with Gasteiger partial charge in [0.25, 0.3) is 0 Å². The first kappa shape index (κ1) is 16.7. The highest BCUT2D eigenvalue weighted by Crippen LogP contribution is 2.14. The maximum Gasteiger partial charge on any atom is 0.333 e. The minimum Gasteiger partial charge on any atom is -0.460 e. The molecular formula is C20H20O3. The fraction of sp³-hybridized carbons (Fsp3) is 0.200. The van der Waals surface area contributed by atoms with Gasteiger partial charge in [-0.3, -0.25) is 4.79 Å². The van der Waals surface area contributed by atoms with Gasteiger partial charge in [0.1, 0.15) is 0 Å². The van der Waals surface area contributed by atoms with Crippen molar-refractivity contribution in [2.75, 3.05) is 0 Å². The molecule has 0 amide bonds. The predicted molar refractivity (Wildman–Crippen MR) is 91.2 cm³/mol. The lowest BCUT2D eigenvalue weighted by Gasteiger charge is -2.08. The van der Waals surface area contributed by atoms with E-state index in [4.69, 9.17) is 4.74 Å². The summed E-state index contributed by atoms with van der Waals surface area (Å²) in [5, 5.41) is 0. The Labute approximate surface area is 136 Å². The van der Waals surface area contributed by atoms with Crippen LogP contribution in [0.25, 0.3) is 6.08 Å². The van der Waals surface area contributed by atoms with Gasteiger partial charge in [0.15, 0.2) is 5.78 Å². The minimum atomic E-state index is -0.329. The van der Waals surface area contributed by atoms with E-state index in [0.717, 1.165) is 5.56 Å².